The zero-order chi connectivity index (χ0) is 18.9. The summed E-state index contributed by atoms with van der Waals surface area (Å²) in [5.41, 5.74) is 1.72. The molecular formula is C21H25ClN2O2. The van der Waals surface area contributed by atoms with Gasteiger partial charge in [0.1, 0.15) is 6.04 Å². The lowest BCUT2D eigenvalue weighted by atomic mass is 10.0. The van der Waals surface area contributed by atoms with Crippen LogP contribution in [0.15, 0.2) is 54.6 Å². The van der Waals surface area contributed by atoms with Gasteiger partial charge in [0.25, 0.3) is 0 Å². The van der Waals surface area contributed by atoms with Crippen LogP contribution >= 0.6 is 11.6 Å². The normalized spacial score (nSPS) is 11.7. The molecule has 26 heavy (non-hydrogen) atoms. The fraction of sp³-hybridized carbons (Fsp3) is 0.333. The van der Waals surface area contributed by atoms with Crippen LogP contribution in [-0.4, -0.2) is 23.3 Å². The molecule has 0 aliphatic carbocycles. The van der Waals surface area contributed by atoms with Crippen LogP contribution < -0.4 is 5.32 Å². The average molecular weight is 373 g/mol. The number of nitrogens with one attached hydrogen (secondary N) is 1. The Kier molecular flexibility index (Phi) is 7.67. The monoisotopic (exact) mass is 372 g/mol. The lowest BCUT2D eigenvalue weighted by molar-refractivity contribution is -0.140. The predicted molar refractivity (Wildman–Crippen MR) is 105 cm³/mol. The van der Waals surface area contributed by atoms with Crippen LogP contribution in [0.5, 0.6) is 0 Å². The van der Waals surface area contributed by atoms with E-state index in [1.54, 1.807) is 17.0 Å². The van der Waals surface area contributed by atoms with E-state index in [1.165, 1.54) is 6.92 Å². The number of hydrogen-bond donors (Lipinski definition) is 1. The van der Waals surface area contributed by atoms with E-state index in [0.29, 0.717) is 18.1 Å². The van der Waals surface area contributed by atoms with E-state index in [2.05, 4.69) is 12.2 Å². The van der Waals surface area contributed by atoms with Crippen molar-refractivity contribution in [3.8, 4) is 0 Å². The van der Waals surface area contributed by atoms with Crippen molar-refractivity contribution in [2.24, 2.45) is 0 Å². The molecule has 0 saturated heterocycles. The van der Waals surface area contributed by atoms with Gasteiger partial charge in [0.2, 0.25) is 11.8 Å². The molecule has 5 heteroatoms. The van der Waals surface area contributed by atoms with Crippen molar-refractivity contribution in [1.82, 2.24) is 10.2 Å². The summed E-state index contributed by atoms with van der Waals surface area (Å²) in [7, 11) is 0. The number of halogens is 1. The Hall–Kier alpha value is -2.33. The molecule has 1 atom stereocenters. The van der Waals surface area contributed by atoms with Gasteiger partial charge in [-0.15, -0.1) is 0 Å². The van der Waals surface area contributed by atoms with E-state index in [-0.39, 0.29) is 11.8 Å². The Morgan fingerprint density at radius 3 is 2.31 bits per heavy atom. The molecule has 4 nitrogen and oxygen atoms in total. The molecule has 2 aromatic rings. The van der Waals surface area contributed by atoms with Crippen molar-refractivity contribution in [2.75, 3.05) is 6.54 Å². The summed E-state index contributed by atoms with van der Waals surface area (Å²) >= 11 is 5.95. The van der Waals surface area contributed by atoms with Gasteiger partial charge in [-0.25, -0.2) is 0 Å². The number of unbranched alkanes of at least 4 members (excludes halogenated alkanes) is 1. The molecule has 0 aliphatic heterocycles. The molecule has 0 heterocycles. The highest BCUT2D eigenvalue weighted by molar-refractivity contribution is 6.30. The predicted octanol–water partition coefficient (Wildman–Crippen LogP) is 4.35. The highest BCUT2D eigenvalue weighted by Gasteiger charge is 2.29. The Morgan fingerprint density at radius 2 is 1.73 bits per heavy atom. The van der Waals surface area contributed by atoms with Crippen LogP contribution in [0.4, 0.5) is 0 Å². The molecule has 1 N–H and O–H groups in total. The quantitative estimate of drug-likeness (QED) is 0.700. The summed E-state index contributed by atoms with van der Waals surface area (Å²) < 4.78 is 0. The van der Waals surface area contributed by atoms with Gasteiger partial charge in [-0.1, -0.05) is 67.4 Å². The van der Waals surface area contributed by atoms with Crippen molar-refractivity contribution in [3.63, 3.8) is 0 Å². The van der Waals surface area contributed by atoms with E-state index in [0.717, 1.165) is 24.0 Å². The molecule has 2 aromatic carbocycles. The maximum absolute atomic E-state index is 12.9. The van der Waals surface area contributed by atoms with Gasteiger partial charge in [-0.3, -0.25) is 9.59 Å². The molecule has 0 fully saturated rings. The number of nitrogens with zero attached hydrogens (tertiary/aromatic N) is 1. The summed E-state index contributed by atoms with van der Waals surface area (Å²) in [6, 6.07) is 16.1. The smallest absolute Gasteiger partial charge is 0.247 e. The van der Waals surface area contributed by atoms with E-state index in [1.807, 2.05) is 42.5 Å². The summed E-state index contributed by atoms with van der Waals surface area (Å²) in [5.74, 6) is -0.312. The van der Waals surface area contributed by atoms with Crippen LogP contribution in [0.1, 0.15) is 43.9 Å². The lowest BCUT2D eigenvalue weighted by Gasteiger charge is -2.30. The van der Waals surface area contributed by atoms with Crippen molar-refractivity contribution in [2.45, 2.75) is 39.3 Å². The number of rotatable bonds is 8. The maximum Gasteiger partial charge on any atom is 0.247 e. The molecule has 138 valence electrons. The van der Waals surface area contributed by atoms with Crippen LogP contribution in [0, 0.1) is 0 Å². The van der Waals surface area contributed by atoms with Gasteiger partial charge in [0.05, 0.1) is 0 Å². The first-order chi connectivity index (χ1) is 12.5. The third-order valence-corrected chi connectivity index (χ3v) is 4.43. The summed E-state index contributed by atoms with van der Waals surface area (Å²) in [6.07, 6.45) is 1.90. The number of hydrogen-bond acceptors (Lipinski definition) is 2. The number of benzene rings is 2. The molecule has 2 amide bonds. The lowest BCUT2D eigenvalue weighted by Crippen LogP contribution is -2.42. The van der Waals surface area contributed by atoms with Crippen molar-refractivity contribution < 1.29 is 9.59 Å². The first-order valence-electron chi connectivity index (χ1n) is 8.87. The van der Waals surface area contributed by atoms with E-state index in [4.69, 9.17) is 11.6 Å². The Labute approximate surface area is 160 Å². The Bertz CT molecular complexity index is 717. The third-order valence-electron chi connectivity index (χ3n) is 4.18. The molecule has 0 unspecified atom stereocenters. The molecule has 0 bridgehead atoms. The second-order valence-electron chi connectivity index (χ2n) is 6.23. The van der Waals surface area contributed by atoms with Gasteiger partial charge in [0, 0.05) is 25.0 Å². The molecule has 0 aliphatic rings. The Balaban J connectivity index is 2.30. The number of carbonyl (C=O) groups is 2. The van der Waals surface area contributed by atoms with E-state index in [9.17, 15) is 9.59 Å². The van der Waals surface area contributed by atoms with E-state index >= 15 is 0 Å². The average Bonchev–Trinajstić information content (AvgIpc) is 2.64. The molecule has 0 aromatic heterocycles. The highest BCUT2D eigenvalue weighted by atomic mass is 35.5. The van der Waals surface area contributed by atoms with Crippen molar-refractivity contribution in [3.05, 3.63) is 70.7 Å². The van der Waals surface area contributed by atoms with E-state index < -0.39 is 6.04 Å². The molecule has 2 rings (SSSR count). The first-order valence-corrected chi connectivity index (χ1v) is 9.25. The van der Waals surface area contributed by atoms with Crippen LogP contribution in [0.3, 0.4) is 0 Å². The molecule has 0 radical (unpaired) electrons. The fourth-order valence-electron chi connectivity index (χ4n) is 2.76. The largest absolute Gasteiger partial charge is 0.354 e. The second kappa shape index (κ2) is 9.97. The van der Waals surface area contributed by atoms with Crippen LogP contribution in [-0.2, 0) is 16.1 Å². The number of amides is 2. The summed E-state index contributed by atoms with van der Waals surface area (Å²) in [4.78, 5) is 26.9. The minimum absolute atomic E-state index is 0.153. The first kappa shape index (κ1) is 20.0. The minimum atomic E-state index is -0.666. The van der Waals surface area contributed by atoms with Gasteiger partial charge in [0.15, 0.2) is 0 Å². The van der Waals surface area contributed by atoms with Gasteiger partial charge >= 0.3 is 0 Å². The molecule has 0 spiro atoms. The minimum Gasteiger partial charge on any atom is -0.354 e. The van der Waals surface area contributed by atoms with Crippen molar-refractivity contribution >= 4 is 23.4 Å². The van der Waals surface area contributed by atoms with Crippen LogP contribution in [0.2, 0.25) is 5.02 Å². The maximum atomic E-state index is 12.9. The summed E-state index contributed by atoms with van der Waals surface area (Å²) in [6.45, 7) is 4.51. The third kappa shape index (κ3) is 5.60. The molecule has 0 saturated carbocycles. The molecular weight excluding hydrogens is 348 g/mol. The highest BCUT2D eigenvalue weighted by Crippen LogP contribution is 2.24. The second-order valence-corrected chi connectivity index (χ2v) is 6.67. The number of carbonyl (C=O) groups excluding carboxylic acids is 2. The van der Waals surface area contributed by atoms with Crippen LogP contribution in [0.25, 0.3) is 0 Å². The standard InChI is InChI=1S/C21H25ClN2O2/c1-3-4-14-23-21(26)20(18-8-6-5-7-9-18)24(16(2)25)15-17-10-12-19(22)13-11-17/h5-13,20H,3-4,14-15H2,1-2H3,(H,23,26)/t20-/m0/s1. The SMILES string of the molecule is CCCCNC(=O)[C@H](c1ccccc1)N(Cc1ccc(Cl)cc1)C(C)=O. The van der Waals surface area contributed by atoms with Gasteiger partial charge in [-0.05, 0) is 29.7 Å². The Morgan fingerprint density at radius 1 is 1.08 bits per heavy atom. The zero-order valence-corrected chi connectivity index (χ0v) is 16.0. The van der Waals surface area contributed by atoms with Gasteiger partial charge < -0.3 is 10.2 Å². The fourth-order valence-corrected chi connectivity index (χ4v) is 2.89. The summed E-state index contributed by atoms with van der Waals surface area (Å²) in [5, 5.41) is 3.60. The topological polar surface area (TPSA) is 49.4 Å². The van der Waals surface area contributed by atoms with Gasteiger partial charge in [-0.2, -0.15) is 0 Å². The zero-order valence-electron chi connectivity index (χ0n) is 15.2. The van der Waals surface area contributed by atoms with Crippen molar-refractivity contribution in [1.29, 1.82) is 0 Å².